The topological polar surface area (TPSA) is 95.7 Å². The molecule has 1 aliphatic rings. The number of guanidine groups is 1. The monoisotopic (exact) mass is 399 g/mol. The largest absolute Gasteiger partial charge is 0.356 e. The van der Waals surface area contributed by atoms with Gasteiger partial charge >= 0.3 is 0 Å². The maximum Gasteiger partial charge on any atom is 0.223 e. The van der Waals surface area contributed by atoms with Gasteiger partial charge in [-0.2, -0.15) is 0 Å². The molecule has 2 aromatic heterocycles. The minimum absolute atomic E-state index is 0.0861. The number of pyridine rings is 1. The number of amides is 1. The van der Waals surface area contributed by atoms with E-state index in [1.165, 1.54) is 0 Å². The van der Waals surface area contributed by atoms with Gasteiger partial charge in [-0.05, 0) is 51.7 Å². The average Bonchev–Trinajstić information content (AvgIpc) is 3.13. The molecule has 29 heavy (non-hydrogen) atoms. The lowest BCUT2D eigenvalue weighted by atomic mass is 9.85. The van der Waals surface area contributed by atoms with Crippen LogP contribution in [0.25, 0.3) is 5.65 Å². The Bertz CT molecular complexity index is 829. The zero-order valence-electron chi connectivity index (χ0n) is 17.7. The molecule has 1 saturated carbocycles. The minimum Gasteiger partial charge on any atom is -0.356 e. The molecular formula is C21H33N7O. The van der Waals surface area contributed by atoms with Gasteiger partial charge in [-0.25, -0.2) is 0 Å². The van der Waals surface area contributed by atoms with Crippen molar-refractivity contribution in [2.24, 2.45) is 10.9 Å². The van der Waals surface area contributed by atoms with E-state index in [9.17, 15) is 4.79 Å². The summed E-state index contributed by atoms with van der Waals surface area (Å²) >= 11 is 0. The summed E-state index contributed by atoms with van der Waals surface area (Å²) in [6.07, 6.45) is 7.72. The van der Waals surface area contributed by atoms with Crippen LogP contribution in [0.2, 0.25) is 0 Å². The Morgan fingerprint density at radius 1 is 1.31 bits per heavy atom. The molecule has 3 rings (SSSR count). The van der Waals surface area contributed by atoms with Crippen molar-refractivity contribution in [1.29, 1.82) is 0 Å². The third-order valence-electron chi connectivity index (χ3n) is 5.29. The lowest BCUT2D eigenvalue weighted by Crippen LogP contribution is -2.47. The number of nitrogens with one attached hydrogen (secondary N) is 3. The Hall–Kier alpha value is -2.64. The molecule has 1 fully saturated rings. The van der Waals surface area contributed by atoms with Crippen molar-refractivity contribution in [2.45, 2.75) is 64.5 Å². The first-order valence-electron chi connectivity index (χ1n) is 10.6. The van der Waals surface area contributed by atoms with Crippen LogP contribution in [0.4, 0.5) is 0 Å². The van der Waals surface area contributed by atoms with Crippen molar-refractivity contribution in [1.82, 2.24) is 30.5 Å². The summed E-state index contributed by atoms with van der Waals surface area (Å²) in [5, 5.41) is 18.4. The molecule has 8 nitrogen and oxygen atoms in total. The van der Waals surface area contributed by atoms with Gasteiger partial charge in [0.25, 0.3) is 0 Å². The molecule has 0 spiro atoms. The normalized spacial score (nSPS) is 20.1. The Morgan fingerprint density at radius 3 is 2.97 bits per heavy atom. The van der Waals surface area contributed by atoms with Gasteiger partial charge in [-0.1, -0.05) is 12.5 Å². The number of hydrogen-bond acceptors (Lipinski definition) is 4. The average molecular weight is 400 g/mol. The molecule has 2 heterocycles. The first-order valence-corrected chi connectivity index (χ1v) is 10.6. The van der Waals surface area contributed by atoms with Gasteiger partial charge in [-0.3, -0.25) is 14.2 Å². The second-order valence-corrected chi connectivity index (χ2v) is 8.02. The van der Waals surface area contributed by atoms with Crippen LogP contribution in [-0.4, -0.2) is 52.1 Å². The number of nitrogens with zero attached hydrogens (tertiary/aromatic N) is 4. The molecule has 1 aliphatic carbocycles. The van der Waals surface area contributed by atoms with Crippen LogP contribution in [-0.2, 0) is 11.2 Å². The third kappa shape index (κ3) is 5.92. The number of fused-ring (bicyclic) bond motifs is 1. The van der Waals surface area contributed by atoms with Gasteiger partial charge in [0, 0.05) is 44.2 Å². The van der Waals surface area contributed by atoms with Crippen molar-refractivity contribution in [3.63, 3.8) is 0 Å². The Balaban J connectivity index is 1.42. The van der Waals surface area contributed by atoms with Crippen LogP contribution in [0, 0.1) is 5.92 Å². The molecule has 0 aromatic carbocycles. The van der Waals surface area contributed by atoms with E-state index in [1.54, 1.807) is 7.05 Å². The number of carbonyl (C=O) groups is 1. The van der Waals surface area contributed by atoms with E-state index >= 15 is 0 Å². The Kier molecular flexibility index (Phi) is 7.43. The summed E-state index contributed by atoms with van der Waals surface area (Å²) in [6.45, 7) is 4.81. The van der Waals surface area contributed by atoms with Crippen molar-refractivity contribution in [3.05, 3.63) is 30.2 Å². The highest BCUT2D eigenvalue weighted by atomic mass is 16.1. The fraction of sp³-hybridized carbons (Fsp3) is 0.619. The molecule has 0 bridgehead atoms. The molecule has 1 amide bonds. The van der Waals surface area contributed by atoms with Crippen LogP contribution >= 0.6 is 0 Å². The summed E-state index contributed by atoms with van der Waals surface area (Å²) in [6, 6.07) is 6.38. The molecule has 0 saturated heterocycles. The summed E-state index contributed by atoms with van der Waals surface area (Å²) in [5.74, 6) is 2.03. The van der Waals surface area contributed by atoms with E-state index in [0.717, 1.165) is 62.5 Å². The smallest absolute Gasteiger partial charge is 0.223 e. The van der Waals surface area contributed by atoms with E-state index in [2.05, 4.69) is 31.1 Å². The minimum atomic E-state index is 0.0861. The highest BCUT2D eigenvalue weighted by molar-refractivity contribution is 5.81. The van der Waals surface area contributed by atoms with E-state index in [1.807, 2.05) is 42.6 Å². The van der Waals surface area contributed by atoms with E-state index < -0.39 is 0 Å². The number of carbonyl (C=O) groups excluding carboxylic acids is 1. The number of rotatable bonds is 7. The zero-order chi connectivity index (χ0) is 20.6. The van der Waals surface area contributed by atoms with Gasteiger partial charge in [0.05, 0.1) is 0 Å². The maximum absolute atomic E-state index is 12.3. The molecule has 2 atom stereocenters. The van der Waals surface area contributed by atoms with Crippen molar-refractivity contribution < 1.29 is 4.79 Å². The molecule has 0 aliphatic heterocycles. The molecule has 2 unspecified atom stereocenters. The second-order valence-electron chi connectivity index (χ2n) is 8.02. The van der Waals surface area contributed by atoms with Crippen molar-refractivity contribution in [2.75, 3.05) is 13.6 Å². The predicted molar refractivity (Wildman–Crippen MR) is 115 cm³/mol. The maximum atomic E-state index is 12.3. The van der Waals surface area contributed by atoms with Gasteiger partial charge in [0.1, 0.15) is 5.82 Å². The number of hydrogen-bond donors (Lipinski definition) is 3. The second kappa shape index (κ2) is 10.2. The lowest BCUT2D eigenvalue weighted by Gasteiger charge is -2.30. The Labute approximate surface area is 172 Å². The van der Waals surface area contributed by atoms with Crippen LogP contribution in [0.5, 0.6) is 0 Å². The van der Waals surface area contributed by atoms with Crippen LogP contribution in [0.3, 0.4) is 0 Å². The molecule has 8 heteroatoms. The van der Waals surface area contributed by atoms with Crippen LogP contribution < -0.4 is 16.0 Å². The van der Waals surface area contributed by atoms with E-state index in [-0.39, 0.29) is 23.9 Å². The Morgan fingerprint density at radius 2 is 2.17 bits per heavy atom. The van der Waals surface area contributed by atoms with Crippen LogP contribution in [0.1, 0.15) is 51.8 Å². The fourth-order valence-electron chi connectivity index (χ4n) is 3.86. The summed E-state index contributed by atoms with van der Waals surface area (Å²) in [4.78, 5) is 16.7. The van der Waals surface area contributed by atoms with E-state index in [4.69, 9.17) is 0 Å². The number of aryl methyl sites for hydroxylation is 1. The van der Waals surface area contributed by atoms with Crippen molar-refractivity contribution >= 4 is 17.5 Å². The predicted octanol–water partition coefficient (Wildman–Crippen LogP) is 1.91. The van der Waals surface area contributed by atoms with E-state index in [0.29, 0.717) is 0 Å². The molecule has 0 radical (unpaired) electrons. The standard InChI is InChI=1S/C21H33N7O/c1-15(2)24-20(29)16-8-6-9-17(14-16)25-21(22-3)23-12-7-11-19-27-26-18-10-4-5-13-28(18)19/h4-5,10,13,15-17H,6-9,11-12,14H2,1-3H3,(H,24,29)(H2,22,23,25). The highest BCUT2D eigenvalue weighted by Gasteiger charge is 2.27. The van der Waals surface area contributed by atoms with Crippen LogP contribution in [0.15, 0.2) is 29.4 Å². The van der Waals surface area contributed by atoms with Gasteiger partial charge in [0.15, 0.2) is 11.6 Å². The molecule has 158 valence electrons. The number of aromatic nitrogens is 3. The van der Waals surface area contributed by atoms with Gasteiger partial charge in [0.2, 0.25) is 5.91 Å². The molecule has 3 N–H and O–H groups in total. The lowest BCUT2D eigenvalue weighted by molar-refractivity contribution is -0.126. The van der Waals surface area contributed by atoms with Gasteiger partial charge < -0.3 is 16.0 Å². The SMILES string of the molecule is CN=C(NCCCc1nnc2ccccn12)NC1CCCC(C(=O)NC(C)C)C1. The summed E-state index contributed by atoms with van der Waals surface area (Å²) in [5.41, 5.74) is 0.876. The zero-order valence-corrected chi connectivity index (χ0v) is 17.7. The quantitative estimate of drug-likeness (QED) is 0.376. The third-order valence-corrected chi connectivity index (χ3v) is 5.29. The van der Waals surface area contributed by atoms with Gasteiger partial charge in [-0.15, -0.1) is 10.2 Å². The van der Waals surface area contributed by atoms with Crippen molar-refractivity contribution in [3.8, 4) is 0 Å². The first kappa shape index (κ1) is 21.1. The fourth-order valence-corrected chi connectivity index (χ4v) is 3.86. The highest BCUT2D eigenvalue weighted by Crippen LogP contribution is 2.24. The first-order chi connectivity index (χ1) is 14.1. The number of aliphatic imine (C=N–C) groups is 1. The summed E-state index contributed by atoms with van der Waals surface area (Å²) in [7, 11) is 1.78. The molecule has 2 aromatic rings. The summed E-state index contributed by atoms with van der Waals surface area (Å²) < 4.78 is 2.03. The molecular weight excluding hydrogens is 366 g/mol.